The summed E-state index contributed by atoms with van der Waals surface area (Å²) in [7, 11) is 0. The third-order valence-electron chi connectivity index (χ3n) is 3.39. The molecule has 1 aliphatic rings. The minimum Gasteiger partial charge on any atom is -0.481 e. The van der Waals surface area contributed by atoms with Gasteiger partial charge in [0.25, 0.3) is 0 Å². The van der Waals surface area contributed by atoms with E-state index in [2.05, 4.69) is 17.6 Å². The van der Waals surface area contributed by atoms with Gasteiger partial charge >= 0.3 is 12.0 Å². The molecule has 0 unspecified atom stereocenters. The fourth-order valence-electron chi connectivity index (χ4n) is 2.37. The summed E-state index contributed by atoms with van der Waals surface area (Å²) in [4.78, 5) is 21.7. The lowest BCUT2D eigenvalue weighted by molar-refractivity contribution is -0.137. The highest BCUT2D eigenvalue weighted by Gasteiger charge is 2.29. The molecule has 2 atom stereocenters. The van der Waals surface area contributed by atoms with E-state index in [1.807, 2.05) is 0 Å². The standard InChI is InChI=1S/C13H24N2O3/c1-2-3-7-10-11(15-13(18)14-10)8-5-4-6-9-12(16)17/h10-11H,2-9H2,1H3,(H,16,17)(H2,14,15,18)/t10-,11+/m0/s1. The monoisotopic (exact) mass is 256 g/mol. The zero-order valence-corrected chi connectivity index (χ0v) is 11.1. The molecule has 1 aliphatic heterocycles. The summed E-state index contributed by atoms with van der Waals surface area (Å²) in [5.74, 6) is -0.730. The number of carbonyl (C=O) groups is 2. The van der Waals surface area contributed by atoms with Gasteiger partial charge in [0.1, 0.15) is 0 Å². The van der Waals surface area contributed by atoms with Crippen molar-refractivity contribution >= 4 is 12.0 Å². The average molecular weight is 256 g/mol. The van der Waals surface area contributed by atoms with E-state index in [9.17, 15) is 9.59 Å². The summed E-state index contributed by atoms with van der Waals surface area (Å²) >= 11 is 0. The Labute approximate surface area is 108 Å². The van der Waals surface area contributed by atoms with E-state index in [1.54, 1.807) is 0 Å². The maximum Gasteiger partial charge on any atom is 0.315 e. The molecule has 18 heavy (non-hydrogen) atoms. The number of carbonyl (C=O) groups excluding carboxylic acids is 1. The van der Waals surface area contributed by atoms with Crippen molar-refractivity contribution in [3.8, 4) is 0 Å². The molecular weight excluding hydrogens is 232 g/mol. The van der Waals surface area contributed by atoms with Gasteiger partial charge in [-0.2, -0.15) is 0 Å². The number of rotatable bonds is 9. The number of carboxylic acid groups (broad SMARTS) is 1. The Hall–Kier alpha value is -1.26. The van der Waals surface area contributed by atoms with Crippen LogP contribution in [0, 0.1) is 0 Å². The Morgan fingerprint density at radius 2 is 1.72 bits per heavy atom. The number of amides is 2. The summed E-state index contributed by atoms with van der Waals surface area (Å²) < 4.78 is 0. The number of hydrogen-bond acceptors (Lipinski definition) is 2. The van der Waals surface area contributed by atoms with Crippen molar-refractivity contribution in [1.29, 1.82) is 0 Å². The second-order valence-electron chi connectivity index (χ2n) is 4.97. The van der Waals surface area contributed by atoms with E-state index in [-0.39, 0.29) is 24.5 Å². The van der Waals surface area contributed by atoms with Crippen molar-refractivity contribution in [3.63, 3.8) is 0 Å². The van der Waals surface area contributed by atoms with Gasteiger partial charge in [0.15, 0.2) is 0 Å². The molecule has 3 N–H and O–H groups in total. The SMILES string of the molecule is CCCC[C@@H]1NC(=O)N[C@@H]1CCCCCC(=O)O. The highest BCUT2D eigenvalue weighted by molar-refractivity contribution is 5.77. The molecule has 0 aliphatic carbocycles. The predicted octanol–water partition coefficient (Wildman–Crippen LogP) is 2.26. The van der Waals surface area contributed by atoms with Gasteiger partial charge in [0.05, 0.1) is 12.1 Å². The summed E-state index contributed by atoms with van der Waals surface area (Å²) in [6.45, 7) is 2.14. The largest absolute Gasteiger partial charge is 0.481 e. The van der Waals surface area contributed by atoms with Gasteiger partial charge < -0.3 is 15.7 Å². The van der Waals surface area contributed by atoms with E-state index in [0.29, 0.717) is 0 Å². The summed E-state index contributed by atoms with van der Waals surface area (Å²) in [6.07, 6.45) is 7.08. The minimum atomic E-state index is -0.730. The zero-order chi connectivity index (χ0) is 13.4. The summed E-state index contributed by atoms with van der Waals surface area (Å²) in [6, 6.07) is 0.400. The molecule has 1 heterocycles. The number of carboxylic acids is 1. The highest BCUT2D eigenvalue weighted by atomic mass is 16.4. The second-order valence-corrected chi connectivity index (χ2v) is 4.97. The van der Waals surface area contributed by atoms with E-state index in [4.69, 9.17) is 5.11 Å². The van der Waals surface area contributed by atoms with Gasteiger partial charge in [-0.1, -0.05) is 32.6 Å². The predicted molar refractivity (Wildman–Crippen MR) is 69.5 cm³/mol. The van der Waals surface area contributed by atoms with Crippen LogP contribution in [-0.2, 0) is 4.79 Å². The summed E-state index contributed by atoms with van der Waals surface area (Å²) in [5.41, 5.74) is 0. The molecule has 0 radical (unpaired) electrons. The lowest BCUT2D eigenvalue weighted by Crippen LogP contribution is -2.33. The van der Waals surface area contributed by atoms with Crippen LogP contribution in [0.15, 0.2) is 0 Å². The number of hydrogen-bond donors (Lipinski definition) is 3. The van der Waals surface area contributed by atoms with Crippen LogP contribution >= 0.6 is 0 Å². The second kappa shape index (κ2) is 7.95. The van der Waals surface area contributed by atoms with Crippen LogP contribution in [0.25, 0.3) is 0 Å². The first-order chi connectivity index (χ1) is 8.63. The van der Waals surface area contributed by atoms with Crippen molar-refractivity contribution in [3.05, 3.63) is 0 Å². The van der Waals surface area contributed by atoms with E-state index in [0.717, 1.165) is 44.9 Å². The maximum absolute atomic E-state index is 11.3. The van der Waals surface area contributed by atoms with Crippen molar-refractivity contribution in [2.24, 2.45) is 0 Å². The molecule has 0 bridgehead atoms. The maximum atomic E-state index is 11.3. The van der Waals surface area contributed by atoms with Gasteiger partial charge in [-0.25, -0.2) is 4.79 Å². The van der Waals surface area contributed by atoms with Crippen LogP contribution in [0.2, 0.25) is 0 Å². The lowest BCUT2D eigenvalue weighted by Gasteiger charge is -2.17. The first kappa shape index (κ1) is 14.8. The Morgan fingerprint density at radius 3 is 2.28 bits per heavy atom. The molecule has 1 fully saturated rings. The van der Waals surface area contributed by atoms with Crippen LogP contribution in [0.4, 0.5) is 4.79 Å². The number of unbranched alkanes of at least 4 members (excludes halogenated alkanes) is 3. The van der Waals surface area contributed by atoms with Crippen LogP contribution in [0.5, 0.6) is 0 Å². The normalized spacial score (nSPS) is 22.6. The van der Waals surface area contributed by atoms with Crippen LogP contribution in [0.3, 0.4) is 0 Å². The molecule has 2 amide bonds. The molecule has 1 rings (SSSR count). The molecular formula is C13H24N2O3. The zero-order valence-electron chi connectivity index (χ0n) is 11.1. The first-order valence-corrected chi connectivity index (χ1v) is 6.92. The topological polar surface area (TPSA) is 78.4 Å². The Balaban J connectivity index is 2.18. The molecule has 1 saturated heterocycles. The van der Waals surface area contributed by atoms with Crippen molar-refractivity contribution < 1.29 is 14.7 Å². The van der Waals surface area contributed by atoms with Crippen LogP contribution < -0.4 is 10.6 Å². The van der Waals surface area contributed by atoms with Gasteiger partial charge in [-0.15, -0.1) is 0 Å². The third kappa shape index (κ3) is 5.38. The Kier molecular flexibility index (Phi) is 6.54. The van der Waals surface area contributed by atoms with E-state index >= 15 is 0 Å². The smallest absolute Gasteiger partial charge is 0.315 e. The van der Waals surface area contributed by atoms with Gasteiger partial charge in [-0.05, 0) is 19.3 Å². The fourth-order valence-corrected chi connectivity index (χ4v) is 2.37. The fraction of sp³-hybridized carbons (Fsp3) is 0.846. The number of urea groups is 1. The molecule has 5 nitrogen and oxygen atoms in total. The van der Waals surface area contributed by atoms with Gasteiger partial charge in [0, 0.05) is 6.42 Å². The molecule has 5 heteroatoms. The van der Waals surface area contributed by atoms with Gasteiger partial charge in [-0.3, -0.25) is 4.79 Å². The molecule has 0 saturated carbocycles. The molecule has 0 aromatic rings. The quantitative estimate of drug-likeness (QED) is 0.554. The average Bonchev–Trinajstić information content (AvgIpc) is 2.66. The molecule has 0 spiro atoms. The van der Waals surface area contributed by atoms with Crippen molar-refractivity contribution in [2.45, 2.75) is 70.4 Å². The van der Waals surface area contributed by atoms with Crippen LogP contribution in [0.1, 0.15) is 58.3 Å². The van der Waals surface area contributed by atoms with Crippen molar-refractivity contribution in [2.75, 3.05) is 0 Å². The lowest BCUT2D eigenvalue weighted by atomic mass is 9.98. The highest BCUT2D eigenvalue weighted by Crippen LogP contribution is 2.16. The minimum absolute atomic E-state index is 0.0633. The molecule has 0 aromatic carbocycles. The number of aliphatic carboxylic acids is 1. The molecule has 0 aromatic heterocycles. The van der Waals surface area contributed by atoms with Crippen LogP contribution in [-0.4, -0.2) is 29.2 Å². The van der Waals surface area contributed by atoms with E-state index < -0.39 is 5.97 Å². The third-order valence-corrected chi connectivity index (χ3v) is 3.39. The summed E-state index contributed by atoms with van der Waals surface area (Å²) in [5, 5.41) is 14.4. The number of nitrogens with one attached hydrogen (secondary N) is 2. The van der Waals surface area contributed by atoms with Crippen molar-refractivity contribution in [1.82, 2.24) is 10.6 Å². The van der Waals surface area contributed by atoms with E-state index in [1.165, 1.54) is 0 Å². The first-order valence-electron chi connectivity index (χ1n) is 6.92. The Bertz CT molecular complexity index is 281. The van der Waals surface area contributed by atoms with Gasteiger partial charge in [0.2, 0.25) is 0 Å². The Morgan fingerprint density at radius 1 is 1.11 bits per heavy atom. The molecule has 104 valence electrons.